The second-order valence-corrected chi connectivity index (χ2v) is 3.89. The van der Waals surface area contributed by atoms with Crippen LogP contribution in [-0.4, -0.2) is 17.5 Å². The van der Waals surface area contributed by atoms with Crippen molar-refractivity contribution in [3.63, 3.8) is 0 Å². The molecular formula is C9H14O2. The average Bonchev–Trinajstić information content (AvgIpc) is 2.26. The summed E-state index contributed by atoms with van der Waals surface area (Å²) in [7, 11) is 0. The predicted octanol–water partition coefficient (Wildman–Crippen LogP) is 0.984. The van der Waals surface area contributed by atoms with E-state index in [0.29, 0.717) is 23.5 Å². The van der Waals surface area contributed by atoms with Gasteiger partial charge in [0.15, 0.2) is 0 Å². The van der Waals surface area contributed by atoms with Crippen molar-refractivity contribution in [3.05, 3.63) is 0 Å². The molecule has 0 spiro atoms. The third kappa shape index (κ3) is 1.09. The minimum atomic E-state index is 0.278. The number of fused-ring (bicyclic) bond motifs is 2. The van der Waals surface area contributed by atoms with Gasteiger partial charge < -0.3 is 5.11 Å². The van der Waals surface area contributed by atoms with Crippen LogP contribution in [0.3, 0.4) is 0 Å². The van der Waals surface area contributed by atoms with Crippen LogP contribution in [0.4, 0.5) is 0 Å². The molecule has 2 heteroatoms. The summed E-state index contributed by atoms with van der Waals surface area (Å²) in [6.45, 7) is 0.278. The summed E-state index contributed by atoms with van der Waals surface area (Å²) in [5.41, 5.74) is 0. The second-order valence-electron chi connectivity index (χ2n) is 3.89. The van der Waals surface area contributed by atoms with Gasteiger partial charge in [-0.25, -0.2) is 0 Å². The first-order valence-electron chi connectivity index (χ1n) is 4.46. The first-order chi connectivity index (χ1) is 5.31. The number of hydrogen-bond acceptors (Lipinski definition) is 2. The Kier molecular flexibility index (Phi) is 1.72. The lowest BCUT2D eigenvalue weighted by Gasteiger charge is -2.24. The van der Waals surface area contributed by atoms with Crippen molar-refractivity contribution in [2.45, 2.75) is 25.7 Å². The predicted molar refractivity (Wildman–Crippen MR) is 41.0 cm³/mol. The summed E-state index contributed by atoms with van der Waals surface area (Å²) in [6.07, 6.45) is 4.07. The van der Waals surface area contributed by atoms with E-state index in [2.05, 4.69) is 0 Å². The molecule has 2 aliphatic carbocycles. The maximum Gasteiger partial charge on any atom is 0.139 e. The molecule has 0 amide bonds. The van der Waals surface area contributed by atoms with Gasteiger partial charge in [-0.05, 0) is 31.6 Å². The summed E-state index contributed by atoms with van der Waals surface area (Å²) in [4.78, 5) is 11.4. The molecule has 62 valence electrons. The maximum atomic E-state index is 11.4. The number of hydrogen-bond donors (Lipinski definition) is 1. The molecule has 2 unspecified atom stereocenters. The summed E-state index contributed by atoms with van der Waals surface area (Å²) in [6, 6.07) is 0. The molecule has 0 heterocycles. The molecule has 0 aromatic carbocycles. The van der Waals surface area contributed by atoms with E-state index in [1.165, 1.54) is 0 Å². The zero-order chi connectivity index (χ0) is 7.84. The maximum absolute atomic E-state index is 11.4. The minimum absolute atomic E-state index is 0.278. The van der Waals surface area contributed by atoms with Crippen LogP contribution in [0.15, 0.2) is 0 Å². The van der Waals surface area contributed by atoms with Crippen LogP contribution in [0.2, 0.25) is 0 Å². The van der Waals surface area contributed by atoms with Crippen molar-refractivity contribution in [2.75, 3.05) is 6.61 Å². The molecule has 0 radical (unpaired) electrons. The van der Waals surface area contributed by atoms with Crippen LogP contribution in [0.25, 0.3) is 0 Å². The van der Waals surface area contributed by atoms with Gasteiger partial charge in [0, 0.05) is 18.4 Å². The highest BCUT2D eigenvalue weighted by Crippen LogP contribution is 2.41. The quantitative estimate of drug-likeness (QED) is 0.611. The van der Waals surface area contributed by atoms with E-state index in [-0.39, 0.29) is 6.61 Å². The number of Topliss-reactive ketones (excluding diaryl/α,β-unsaturated/α-hetero) is 1. The number of rotatable bonds is 1. The number of aliphatic hydroxyl groups is 1. The molecule has 2 nitrogen and oxygen atoms in total. The standard InChI is InChI=1S/C9H14O2/c10-5-6-3-7-1-2-8(4-6)9(7)11/h6-8,10H,1-5H2. The molecule has 1 N–H and O–H groups in total. The lowest BCUT2D eigenvalue weighted by molar-refractivity contribution is -0.127. The molecule has 2 rings (SSSR count). The van der Waals surface area contributed by atoms with Crippen molar-refractivity contribution in [3.8, 4) is 0 Å². The Morgan fingerprint density at radius 2 is 1.82 bits per heavy atom. The molecule has 11 heavy (non-hydrogen) atoms. The van der Waals surface area contributed by atoms with Gasteiger partial charge >= 0.3 is 0 Å². The fourth-order valence-corrected chi connectivity index (χ4v) is 2.54. The van der Waals surface area contributed by atoms with Gasteiger partial charge in [0.05, 0.1) is 0 Å². The molecule has 0 aromatic heterocycles. The van der Waals surface area contributed by atoms with Crippen molar-refractivity contribution in [2.24, 2.45) is 17.8 Å². The zero-order valence-corrected chi connectivity index (χ0v) is 6.62. The fraction of sp³-hybridized carbons (Fsp3) is 0.889. The lowest BCUT2D eigenvalue weighted by atomic mass is 9.80. The van der Waals surface area contributed by atoms with E-state index in [0.717, 1.165) is 25.7 Å². The van der Waals surface area contributed by atoms with E-state index in [1.54, 1.807) is 0 Å². The van der Waals surface area contributed by atoms with Crippen molar-refractivity contribution in [1.29, 1.82) is 0 Å². The molecule has 0 aliphatic heterocycles. The van der Waals surface area contributed by atoms with Gasteiger partial charge in [0.2, 0.25) is 0 Å². The van der Waals surface area contributed by atoms with Crippen LogP contribution in [0, 0.1) is 17.8 Å². The Bertz CT molecular complexity index is 160. The Morgan fingerprint density at radius 1 is 1.27 bits per heavy atom. The fourth-order valence-electron chi connectivity index (χ4n) is 2.54. The number of carbonyl (C=O) groups excluding carboxylic acids is 1. The van der Waals surface area contributed by atoms with E-state index in [4.69, 9.17) is 5.11 Å². The van der Waals surface area contributed by atoms with Crippen molar-refractivity contribution >= 4 is 5.78 Å². The normalized spacial score (nSPS) is 43.0. The van der Waals surface area contributed by atoms with Gasteiger partial charge in [0.25, 0.3) is 0 Å². The van der Waals surface area contributed by atoms with Gasteiger partial charge in [-0.15, -0.1) is 0 Å². The highest BCUT2D eigenvalue weighted by molar-refractivity contribution is 5.86. The molecule has 0 aromatic rings. The number of ketones is 1. The number of aliphatic hydroxyl groups excluding tert-OH is 1. The summed E-state index contributed by atoms with van der Waals surface area (Å²) in [5.74, 6) is 1.52. The van der Waals surface area contributed by atoms with Crippen LogP contribution in [-0.2, 0) is 4.79 Å². The molecule has 2 saturated carbocycles. The Labute approximate surface area is 66.6 Å². The largest absolute Gasteiger partial charge is 0.396 e. The van der Waals surface area contributed by atoms with E-state index < -0.39 is 0 Å². The second kappa shape index (κ2) is 2.59. The summed E-state index contributed by atoms with van der Waals surface area (Å²) < 4.78 is 0. The first-order valence-corrected chi connectivity index (χ1v) is 4.46. The van der Waals surface area contributed by atoms with Crippen molar-refractivity contribution in [1.82, 2.24) is 0 Å². The van der Waals surface area contributed by atoms with Crippen LogP contribution in [0.5, 0.6) is 0 Å². The van der Waals surface area contributed by atoms with Gasteiger partial charge in [-0.2, -0.15) is 0 Å². The van der Waals surface area contributed by atoms with Crippen LogP contribution in [0.1, 0.15) is 25.7 Å². The monoisotopic (exact) mass is 154 g/mol. The Hall–Kier alpha value is -0.370. The van der Waals surface area contributed by atoms with Crippen LogP contribution >= 0.6 is 0 Å². The third-order valence-electron chi connectivity index (χ3n) is 3.16. The summed E-state index contributed by atoms with van der Waals surface area (Å²) in [5, 5.41) is 8.93. The minimum Gasteiger partial charge on any atom is -0.396 e. The van der Waals surface area contributed by atoms with Gasteiger partial charge in [0.1, 0.15) is 5.78 Å². The lowest BCUT2D eigenvalue weighted by Crippen LogP contribution is -2.27. The molecular weight excluding hydrogens is 140 g/mol. The van der Waals surface area contributed by atoms with Gasteiger partial charge in [-0.3, -0.25) is 4.79 Å². The molecule has 2 bridgehead atoms. The van der Waals surface area contributed by atoms with Crippen molar-refractivity contribution < 1.29 is 9.90 Å². The molecule has 2 fully saturated rings. The van der Waals surface area contributed by atoms with Crippen LogP contribution < -0.4 is 0 Å². The molecule has 2 aliphatic rings. The van der Waals surface area contributed by atoms with Gasteiger partial charge in [-0.1, -0.05) is 0 Å². The Balaban J connectivity index is 2.08. The number of carbonyl (C=O) groups is 1. The molecule has 2 atom stereocenters. The highest BCUT2D eigenvalue weighted by atomic mass is 16.3. The molecule has 0 saturated heterocycles. The topological polar surface area (TPSA) is 37.3 Å². The van der Waals surface area contributed by atoms with E-state index in [9.17, 15) is 4.79 Å². The summed E-state index contributed by atoms with van der Waals surface area (Å²) >= 11 is 0. The smallest absolute Gasteiger partial charge is 0.139 e. The highest BCUT2D eigenvalue weighted by Gasteiger charge is 2.40. The average molecular weight is 154 g/mol. The third-order valence-corrected chi connectivity index (χ3v) is 3.16. The SMILES string of the molecule is O=C1C2CCC1CC(CO)C2. The van der Waals surface area contributed by atoms with E-state index in [1.807, 2.05) is 0 Å². The zero-order valence-electron chi connectivity index (χ0n) is 6.62. The van der Waals surface area contributed by atoms with E-state index >= 15 is 0 Å². The Morgan fingerprint density at radius 3 is 2.27 bits per heavy atom. The first kappa shape index (κ1) is 7.29.